The van der Waals surface area contributed by atoms with Gasteiger partial charge in [0.1, 0.15) is 11.4 Å². The van der Waals surface area contributed by atoms with Crippen molar-refractivity contribution in [3.8, 4) is 17.6 Å². The summed E-state index contributed by atoms with van der Waals surface area (Å²) < 4.78 is 11.5. The van der Waals surface area contributed by atoms with Crippen LogP contribution in [-0.4, -0.2) is 38.8 Å². The Bertz CT molecular complexity index is 1060. The molecule has 3 aliphatic rings. The summed E-state index contributed by atoms with van der Waals surface area (Å²) in [6, 6.07) is 6.54. The first-order valence-corrected chi connectivity index (χ1v) is 13.0. The van der Waals surface area contributed by atoms with Gasteiger partial charge >= 0.3 is 0 Å². The Hall–Kier alpha value is -2.36. The Balaban J connectivity index is 1.25. The van der Waals surface area contributed by atoms with Crippen LogP contribution < -0.4 is 4.74 Å². The minimum Gasteiger partial charge on any atom is -0.485 e. The molecule has 2 aromatic rings. The number of aryl methyl sites for hydroxylation is 1. The van der Waals surface area contributed by atoms with Crippen molar-refractivity contribution in [2.75, 3.05) is 13.1 Å². The van der Waals surface area contributed by atoms with Crippen molar-refractivity contribution in [2.24, 2.45) is 5.92 Å². The smallest absolute Gasteiger partial charge is 0.240 e. The monoisotopic (exact) mass is 463 g/mol. The summed E-state index contributed by atoms with van der Waals surface area (Å²) in [4.78, 5) is 6.91. The van der Waals surface area contributed by atoms with Gasteiger partial charge in [-0.15, -0.1) is 5.92 Å². The molecule has 6 nitrogen and oxygen atoms in total. The molecule has 0 unspecified atom stereocenters. The van der Waals surface area contributed by atoms with Crippen molar-refractivity contribution in [2.45, 2.75) is 95.8 Å². The van der Waals surface area contributed by atoms with E-state index in [2.05, 4.69) is 52.0 Å². The molecule has 6 heteroatoms. The van der Waals surface area contributed by atoms with E-state index in [1.807, 2.05) is 6.92 Å². The lowest BCUT2D eigenvalue weighted by molar-refractivity contribution is -0.00926. The normalized spacial score (nSPS) is 29.0. The number of nitrogens with zero attached hydrogens (tertiary/aromatic N) is 3. The fourth-order valence-electron chi connectivity index (χ4n) is 6.63. The Morgan fingerprint density at radius 2 is 2.09 bits per heavy atom. The molecule has 1 saturated heterocycles. The number of hydrogen-bond donors (Lipinski definition) is 1. The standard InChI is InChI=1S/C28H37N3O3/c1-3-12-27(32)13-14-28(4-2)22(18-27)9-8-21-17-23(10-11-24(21)28)33-20-25-29-26(34-30-25)19-31-15-6-5-7-16-31/h10-11,17,22,32H,4-9,13-16,18-20H2,1-2H3/t22-,27-,28-/m1/s1. The Labute approximate surface area is 203 Å². The van der Waals surface area contributed by atoms with Crippen LogP contribution in [0.5, 0.6) is 5.75 Å². The Morgan fingerprint density at radius 1 is 1.24 bits per heavy atom. The zero-order valence-corrected chi connectivity index (χ0v) is 20.6. The highest BCUT2D eigenvalue weighted by Crippen LogP contribution is 2.54. The van der Waals surface area contributed by atoms with E-state index < -0.39 is 5.60 Å². The third-order valence-corrected chi connectivity index (χ3v) is 8.40. The largest absolute Gasteiger partial charge is 0.485 e. The van der Waals surface area contributed by atoms with Gasteiger partial charge in [0.2, 0.25) is 11.7 Å². The molecule has 0 bridgehead atoms. The molecule has 182 valence electrons. The molecule has 1 aliphatic heterocycles. The van der Waals surface area contributed by atoms with Crippen molar-refractivity contribution in [1.29, 1.82) is 0 Å². The molecule has 1 aromatic carbocycles. The van der Waals surface area contributed by atoms with Crippen LogP contribution in [-0.2, 0) is 25.0 Å². The van der Waals surface area contributed by atoms with E-state index in [0.717, 1.165) is 63.9 Å². The lowest BCUT2D eigenvalue weighted by atomic mass is 9.53. The molecule has 2 fully saturated rings. The quantitative estimate of drug-likeness (QED) is 0.622. The second-order valence-corrected chi connectivity index (χ2v) is 10.4. The molecule has 2 aliphatic carbocycles. The first kappa shape index (κ1) is 23.4. The van der Waals surface area contributed by atoms with E-state index in [1.165, 1.54) is 30.4 Å². The minimum absolute atomic E-state index is 0.130. The van der Waals surface area contributed by atoms with Gasteiger partial charge in [-0.1, -0.05) is 30.5 Å². The molecule has 34 heavy (non-hydrogen) atoms. The molecule has 0 amide bonds. The number of benzene rings is 1. The Morgan fingerprint density at radius 3 is 2.88 bits per heavy atom. The summed E-state index contributed by atoms with van der Waals surface area (Å²) in [5.74, 6) is 8.62. The fraction of sp³-hybridized carbons (Fsp3) is 0.643. The minimum atomic E-state index is -0.823. The lowest BCUT2D eigenvalue weighted by Gasteiger charge is -2.52. The maximum atomic E-state index is 11.0. The van der Waals surface area contributed by atoms with Crippen molar-refractivity contribution in [3.05, 3.63) is 41.0 Å². The number of aromatic nitrogens is 2. The first-order valence-electron chi connectivity index (χ1n) is 13.0. The van der Waals surface area contributed by atoms with Crippen molar-refractivity contribution >= 4 is 0 Å². The topological polar surface area (TPSA) is 71.6 Å². The van der Waals surface area contributed by atoms with Crippen LogP contribution in [0.15, 0.2) is 22.7 Å². The number of hydrogen-bond acceptors (Lipinski definition) is 6. The van der Waals surface area contributed by atoms with Gasteiger partial charge in [-0.05, 0) is 106 Å². The van der Waals surface area contributed by atoms with Crippen LogP contribution in [0, 0.1) is 17.8 Å². The average molecular weight is 464 g/mol. The number of fused-ring (bicyclic) bond motifs is 3. The van der Waals surface area contributed by atoms with E-state index in [0.29, 0.717) is 24.2 Å². The van der Waals surface area contributed by atoms with E-state index in [1.54, 1.807) is 0 Å². The fourth-order valence-corrected chi connectivity index (χ4v) is 6.63. The highest BCUT2D eigenvalue weighted by molar-refractivity contribution is 5.44. The first-order chi connectivity index (χ1) is 16.5. The van der Waals surface area contributed by atoms with Crippen LogP contribution in [0.2, 0.25) is 0 Å². The highest BCUT2D eigenvalue weighted by atomic mass is 16.5. The number of aliphatic hydroxyl groups is 1. The van der Waals surface area contributed by atoms with Crippen LogP contribution in [0.3, 0.4) is 0 Å². The third-order valence-electron chi connectivity index (χ3n) is 8.40. The van der Waals surface area contributed by atoms with Crippen LogP contribution in [0.1, 0.15) is 88.1 Å². The average Bonchev–Trinajstić information content (AvgIpc) is 3.30. The van der Waals surface area contributed by atoms with Gasteiger partial charge in [0.25, 0.3) is 0 Å². The van der Waals surface area contributed by atoms with E-state index in [-0.39, 0.29) is 5.41 Å². The summed E-state index contributed by atoms with van der Waals surface area (Å²) in [6.45, 7) is 7.36. The summed E-state index contributed by atoms with van der Waals surface area (Å²) in [6.07, 6.45) is 9.49. The van der Waals surface area contributed by atoms with Crippen molar-refractivity contribution < 1.29 is 14.4 Å². The molecular formula is C28H37N3O3. The predicted octanol–water partition coefficient (Wildman–Crippen LogP) is 4.78. The van der Waals surface area contributed by atoms with E-state index in [9.17, 15) is 5.11 Å². The van der Waals surface area contributed by atoms with Crippen LogP contribution in [0.4, 0.5) is 0 Å². The molecular weight excluding hydrogens is 426 g/mol. The van der Waals surface area contributed by atoms with Gasteiger partial charge < -0.3 is 14.4 Å². The maximum absolute atomic E-state index is 11.0. The maximum Gasteiger partial charge on any atom is 0.240 e. The summed E-state index contributed by atoms with van der Waals surface area (Å²) in [5, 5.41) is 15.1. The second-order valence-electron chi connectivity index (χ2n) is 10.4. The van der Waals surface area contributed by atoms with Crippen molar-refractivity contribution in [3.63, 3.8) is 0 Å². The van der Waals surface area contributed by atoms with Crippen molar-refractivity contribution in [1.82, 2.24) is 15.0 Å². The molecule has 0 radical (unpaired) electrons. The lowest BCUT2D eigenvalue weighted by Crippen LogP contribution is -2.49. The zero-order chi connectivity index (χ0) is 23.6. The van der Waals surface area contributed by atoms with Crippen LogP contribution >= 0.6 is 0 Å². The van der Waals surface area contributed by atoms with Crippen LogP contribution in [0.25, 0.3) is 0 Å². The van der Waals surface area contributed by atoms with E-state index in [4.69, 9.17) is 9.26 Å². The van der Waals surface area contributed by atoms with Gasteiger partial charge in [0.15, 0.2) is 6.61 Å². The summed E-state index contributed by atoms with van der Waals surface area (Å²) in [5.41, 5.74) is 2.12. The summed E-state index contributed by atoms with van der Waals surface area (Å²) >= 11 is 0. The number of piperidine rings is 1. The summed E-state index contributed by atoms with van der Waals surface area (Å²) in [7, 11) is 0. The Kier molecular flexibility index (Phi) is 6.68. The number of likely N-dealkylation sites (tertiary alicyclic amines) is 1. The zero-order valence-electron chi connectivity index (χ0n) is 20.6. The predicted molar refractivity (Wildman–Crippen MR) is 130 cm³/mol. The van der Waals surface area contributed by atoms with Gasteiger partial charge in [-0.3, -0.25) is 4.90 Å². The van der Waals surface area contributed by atoms with Gasteiger partial charge in [0, 0.05) is 0 Å². The van der Waals surface area contributed by atoms with E-state index >= 15 is 0 Å². The molecule has 0 spiro atoms. The van der Waals surface area contributed by atoms with Gasteiger partial charge in [-0.2, -0.15) is 4.98 Å². The highest BCUT2D eigenvalue weighted by Gasteiger charge is 2.50. The third kappa shape index (κ3) is 4.61. The molecule has 1 aromatic heterocycles. The molecule has 1 saturated carbocycles. The molecule has 5 rings (SSSR count). The molecule has 2 heterocycles. The van der Waals surface area contributed by atoms with Gasteiger partial charge in [-0.25, -0.2) is 0 Å². The number of rotatable bonds is 6. The molecule has 1 N–H and O–H groups in total. The SMILES string of the molecule is CC#C[C@@]1(O)CC[C@@]2(CC)c3ccc(OCc4noc(CN5CCCCC5)n4)cc3CC[C@@H]2C1. The number of ether oxygens (including phenoxy) is 1. The second kappa shape index (κ2) is 9.71. The molecule has 3 atom stereocenters. The van der Waals surface area contributed by atoms with Gasteiger partial charge in [0.05, 0.1) is 6.54 Å².